The van der Waals surface area contributed by atoms with Gasteiger partial charge in [0.05, 0.1) is 22.5 Å². The summed E-state index contributed by atoms with van der Waals surface area (Å²) in [4.78, 5) is 43.1. The van der Waals surface area contributed by atoms with Crippen LogP contribution in [0, 0.1) is 5.82 Å². The number of carbonyl (C=O) groups excluding carboxylic acids is 2. The number of halogens is 2. The standard InChI is InChI=1S/C31H30ClFN6O4/c32-23-7-5-9-26(27(23)33)39-18-24(35-36-39)30(41)38-17-14-21-22(6-4-8-25(21)37-15-2-1-3-16-37)28(38)29(40)34-20-12-10-19(11-13-20)31(42)43/h4-13,18,28,35-36H,1-3,14-17H2,(H,34,40)(H,42,43). The van der Waals surface area contributed by atoms with Gasteiger partial charge in [0, 0.05) is 31.0 Å². The third kappa shape index (κ3) is 5.61. The van der Waals surface area contributed by atoms with E-state index < -0.39 is 29.6 Å². The molecule has 10 nitrogen and oxygen atoms in total. The molecule has 3 aromatic rings. The number of anilines is 3. The van der Waals surface area contributed by atoms with Gasteiger partial charge >= 0.3 is 5.97 Å². The first-order valence-corrected chi connectivity index (χ1v) is 14.5. The number of fused-ring (bicyclic) bond motifs is 1. The smallest absolute Gasteiger partial charge is 0.335 e. The van der Waals surface area contributed by atoms with E-state index in [1.807, 2.05) is 12.1 Å². The van der Waals surface area contributed by atoms with Crippen LogP contribution >= 0.6 is 11.6 Å². The Kier molecular flexibility index (Phi) is 7.92. The summed E-state index contributed by atoms with van der Waals surface area (Å²) < 4.78 is 14.7. The van der Waals surface area contributed by atoms with Crippen molar-refractivity contribution < 1.29 is 23.9 Å². The lowest BCUT2D eigenvalue weighted by Gasteiger charge is -2.39. The summed E-state index contributed by atoms with van der Waals surface area (Å²) in [6, 6.07) is 15.3. The molecule has 0 radical (unpaired) electrons. The highest BCUT2D eigenvalue weighted by Gasteiger charge is 2.39. The number of carboxylic acids is 1. The van der Waals surface area contributed by atoms with Crippen molar-refractivity contribution in [3.8, 4) is 0 Å². The highest BCUT2D eigenvalue weighted by molar-refractivity contribution is 6.31. The Balaban J connectivity index is 1.33. The van der Waals surface area contributed by atoms with Crippen molar-refractivity contribution >= 4 is 46.4 Å². The molecule has 1 unspecified atom stereocenters. The largest absolute Gasteiger partial charge is 0.478 e. The van der Waals surface area contributed by atoms with Gasteiger partial charge < -0.3 is 20.2 Å². The molecule has 0 spiro atoms. The monoisotopic (exact) mass is 604 g/mol. The second-order valence-corrected chi connectivity index (χ2v) is 11.0. The summed E-state index contributed by atoms with van der Waals surface area (Å²) in [5.41, 5.74) is 9.16. The number of hydrogen-bond donors (Lipinski definition) is 4. The molecular formula is C31H30ClFN6O4. The van der Waals surface area contributed by atoms with Gasteiger partial charge in [-0.25, -0.2) is 9.18 Å². The maximum absolute atomic E-state index is 14.7. The second-order valence-electron chi connectivity index (χ2n) is 10.6. The van der Waals surface area contributed by atoms with Crippen molar-refractivity contribution in [2.75, 3.05) is 34.9 Å². The summed E-state index contributed by atoms with van der Waals surface area (Å²) >= 11 is 5.95. The van der Waals surface area contributed by atoms with Crippen molar-refractivity contribution in [2.45, 2.75) is 31.7 Å². The van der Waals surface area contributed by atoms with Crippen LogP contribution in [0.3, 0.4) is 0 Å². The van der Waals surface area contributed by atoms with E-state index in [1.54, 1.807) is 6.07 Å². The van der Waals surface area contributed by atoms with E-state index in [0.29, 0.717) is 12.1 Å². The van der Waals surface area contributed by atoms with Crippen molar-refractivity contribution in [1.29, 1.82) is 0 Å². The Morgan fingerprint density at radius 1 is 0.930 bits per heavy atom. The summed E-state index contributed by atoms with van der Waals surface area (Å²) in [6.07, 6.45) is 5.36. The zero-order valence-electron chi connectivity index (χ0n) is 23.1. The van der Waals surface area contributed by atoms with Gasteiger partial charge in [0.25, 0.3) is 11.8 Å². The molecule has 3 aliphatic rings. The van der Waals surface area contributed by atoms with Crippen LogP contribution in [0.4, 0.5) is 21.5 Å². The van der Waals surface area contributed by atoms with E-state index in [-0.39, 0.29) is 28.5 Å². The summed E-state index contributed by atoms with van der Waals surface area (Å²) in [5.74, 6) is -2.60. The van der Waals surface area contributed by atoms with Gasteiger partial charge in [-0.1, -0.05) is 29.8 Å². The second kappa shape index (κ2) is 11.9. The fraction of sp³-hybridized carbons (Fsp3) is 0.258. The van der Waals surface area contributed by atoms with Gasteiger partial charge in [-0.15, -0.1) is 5.53 Å². The van der Waals surface area contributed by atoms with Gasteiger partial charge in [-0.05, 0) is 79.3 Å². The molecule has 3 heterocycles. The number of aromatic carboxylic acids is 1. The van der Waals surface area contributed by atoms with Crippen molar-refractivity contribution in [1.82, 2.24) is 15.9 Å². The fourth-order valence-corrected chi connectivity index (χ4v) is 6.04. The topological polar surface area (TPSA) is 117 Å². The highest BCUT2D eigenvalue weighted by Crippen LogP contribution is 2.38. The zero-order chi connectivity index (χ0) is 30.1. The van der Waals surface area contributed by atoms with Gasteiger partial charge in [0.15, 0.2) is 5.82 Å². The van der Waals surface area contributed by atoms with E-state index in [1.165, 1.54) is 58.9 Å². The number of nitrogens with zero attached hydrogens (tertiary/aromatic N) is 3. The minimum absolute atomic E-state index is 0.0576. The van der Waals surface area contributed by atoms with Crippen molar-refractivity contribution in [3.63, 3.8) is 0 Å². The normalized spacial score (nSPS) is 18.0. The Hall–Kier alpha value is -4.61. The number of hydrazine groups is 2. The molecule has 4 N–H and O–H groups in total. The van der Waals surface area contributed by atoms with E-state index >= 15 is 0 Å². The molecular weight excluding hydrogens is 575 g/mol. The first kappa shape index (κ1) is 28.5. The van der Waals surface area contributed by atoms with Gasteiger partial charge in [0.1, 0.15) is 11.7 Å². The third-order valence-corrected chi connectivity index (χ3v) is 8.28. The molecule has 43 heavy (non-hydrogen) atoms. The Labute approximate surface area is 252 Å². The molecule has 0 saturated carbocycles. The number of carboxylic acid groups (broad SMARTS) is 1. The Morgan fingerprint density at radius 2 is 1.65 bits per heavy atom. The Bertz CT molecular complexity index is 1610. The maximum Gasteiger partial charge on any atom is 0.335 e. The lowest BCUT2D eigenvalue weighted by atomic mass is 9.89. The molecule has 6 rings (SSSR count). The number of hydrogen-bond acceptors (Lipinski definition) is 7. The van der Waals surface area contributed by atoms with Crippen LogP contribution < -0.4 is 26.2 Å². The summed E-state index contributed by atoms with van der Waals surface area (Å²) in [7, 11) is 0. The Morgan fingerprint density at radius 3 is 2.40 bits per heavy atom. The fourth-order valence-electron chi connectivity index (χ4n) is 5.87. The van der Waals surface area contributed by atoms with Crippen molar-refractivity contribution in [3.05, 3.63) is 100 Å². The first-order chi connectivity index (χ1) is 20.8. The summed E-state index contributed by atoms with van der Waals surface area (Å²) in [6.45, 7) is 2.14. The average molecular weight is 605 g/mol. The van der Waals surface area contributed by atoms with E-state index in [9.17, 15) is 23.9 Å². The van der Waals surface area contributed by atoms with Crippen LogP contribution in [-0.2, 0) is 16.0 Å². The predicted molar refractivity (Wildman–Crippen MR) is 161 cm³/mol. The predicted octanol–water partition coefficient (Wildman–Crippen LogP) is 4.60. The highest BCUT2D eigenvalue weighted by atomic mass is 35.5. The average Bonchev–Trinajstić information content (AvgIpc) is 3.52. The third-order valence-electron chi connectivity index (χ3n) is 7.99. The SMILES string of the molecule is O=C(O)c1ccc(NC(=O)C2c3cccc(N4CCCCC4)c3CCN2C(=O)C2=CN(c3cccc(Cl)c3F)NN2)cc1. The number of rotatable bonds is 6. The van der Waals surface area contributed by atoms with Crippen LogP contribution in [-0.4, -0.2) is 47.4 Å². The van der Waals surface area contributed by atoms with Crippen LogP contribution in [0.5, 0.6) is 0 Å². The molecule has 0 aromatic heterocycles. The molecule has 1 atom stereocenters. The number of piperidine rings is 1. The van der Waals surface area contributed by atoms with E-state index in [4.69, 9.17) is 11.6 Å². The van der Waals surface area contributed by atoms with Gasteiger partial charge in [0.2, 0.25) is 0 Å². The van der Waals surface area contributed by atoms with Gasteiger partial charge in [-0.2, -0.15) is 0 Å². The minimum atomic E-state index is -1.07. The molecule has 3 aromatic carbocycles. The lowest BCUT2D eigenvalue weighted by Crippen LogP contribution is -2.48. The molecule has 1 fully saturated rings. The molecule has 1 saturated heterocycles. The van der Waals surface area contributed by atoms with Gasteiger partial charge in [-0.3, -0.25) is 20.0 Å². The van der Waals surface area contributed by atoms with Crippen molar-refractivity contribution in [2.24, 2.45) is 0 Å². The quantitative estimate of drug-likeness (QED) is 0.323. The molecule has 2 amide bonds. The van der Waals surface area contributed by atoms with E-state index in [0.717, 1.165) is 42.7 Å². The van der Waals surface area contributed by atoms with Crippen LogP contribution in [0.2, 0.25) is 5.02 Å². The summed E-state index contributed by atoms with van der Waals surface area (Å²) in [5, 5.41) is 13.4. The zero-order valence-corrected chi connectivity index (χ0v) is 23.9. The molecule has 0 aliphatic carbocycles. The van der Waals surface area contributed by atoms with Crippen LogP contribution in [0.15, 0.2) is 72.6 Å². The van der Waals surface area contributed by atoms with Crippen LogP contribution in [0.25, 0.3) is 0 Å². The number of carbonyl (C=O) groups is 3. The minimum Gasteiger partial charge on any atom is -0.478 e. The number of benzene rings is 3. The number of amides is 2. The maximum atomic E-state index is 14.7. The first-order valence-electron chi connectivity index (χ1n) is 14.1. The lowest BCUT2D eigenvalue weighted by molar-refractivity contribution is -0.136. The number of nitrogens with one attached hydrogen (secondary N) is 3. The molecule has 222 valence electrons. The molecule has 12 heteroatoms. The van der Waals surface area contributed by atoms with E-state index in [2.05, 4.69) is 27.2 Å². The molecule has 0 bridgehead atoms. The van der Waals surface area contributed by atoms with Crippen LogP contribution in [0.1, 0.15) is 46.8 Å². The molecule has 3 aliphatic heterocycles.